The lowest BCUT2D eigenvalue weighted by Crippen LogP contribution is -2.31. The summed E-state index contributed by atoms with van der Waals surface area (Å²) in [5.74, 6) is 3.32. The van der Waals surface area contributed by atoms with Gasteiger partial charge in [0.05, 0.1) is 21.7 Å². The van der Waals surface area contributed by atoms with Gasteiger partial charge in [-0.1, -0.05) is 29.4 Å². The molecule has 0 saturated heterocycles. The number of hydrogen-bond acceptors (Lipinski definition) is 6. The molecule has 0 bridgehead atoms. The minimum absolute atomic E-state index is 0.0626. The van der Waals surface area contributed by atoms with Gasteiger partial charge < -0.3 is 14.0 Å². The van der Waals surface area contributed by atoms with Crippen LogP contribution in [0.15, 0.2) is 71.6 Å². The molecular formula is C25H23N3O5S2. The molecule has 2 heterocycles. The number of rotatable bonds is 8. The molecule has 180 valence electrons. The highest BCUT2D eigenvalue weighted by atomic mass is 32.2. The van der Waals surface area contributed by atoms with Crippen LogP contribution in [0, 0.1) is 12.3 Å². The van der Waals surface area contributed by atoms with Gasteiger partial charge in [-0.3, -0.25) is 4.79 Å². The van der Waals surface area contributed by atoms with Gasteiger partial charge in [-0.15, -0.1) is 19.6 Å². The van der Waals surface area contributed by atoms with Gasteiger partial charge in [0.2, 0.25) is 10.0 Å². The molecule has 4 rings (SSSR count). The Kier molecular flexibility index (Phi) is 7.21. The Bertz CT molecular complexity index is 1500. The van der Waals surface area contributed by atoms with E-state index >= 15 is 0 Å². The van der Waals surface area contributed by atoms with Crippen LogP contribution in [-0.2, 0) is 16.6 Å². The van der Waals surface area contributed by atoms with E-state index < -0.39 is 15.9 Å². The standard InChI is InChI=1S/C25H23N3O5S2/c1-4-11-27(12-5-2)35(30,31)19-9-7-18(8-10-19)24(29)26-25-28(13-6-3)20-16-21-22(17-23(20)34-25)33-15-14-32-21/h3-5,7-10,16-17H,1-2,11-15H2. The number of ether oxygens (including phenoxy) is 2. The summed E-state index contributed by atoms with van der Waals surface area (Å²) in [6, 6.07) is 9.35. The Labute approximate surface area is 207 Å². The normalized spacial score (nSPS) is 13.5. The van der Waals surface area contributed by atoms with Crippen LogP contribution in [0.3, 0.4) is 0 Å². The maximum atomic E-state index is 12.9. The third-order valence-corrected chi connectivity index (χ3v) is 8.08. The summed E-state index contributed by atoms with van der Waals surface area (Å²) >= 11 is 1.30. The first-order valence-corrected chi connectivity index (χ1v) is 12.9. The summed E-state index contributed by atoms with van der Waals surface area (Å²) in [4.78, 5) is 17.7. The van der Waals surface area contributed by atoms with E-state index in [9.17, 15) is 13.2 Å². The molecule has 0 saturated carbocycles. The zero-order chi connectivity index (χ0) is 25.0. The lowest BCUT2D eigenvalue weighted by molar-refractivity contribution is 0.0998. The van der Waals surface area contributed by atoms with Crippen molar-refractivity contribution in [1.29, 1.82) is 0 Å². The molecule has 0 unspecified atom stereocenters. The predicted molar refractivity (Wildman–Crippen MR) is 135 cm³/mol. The number of aromatic nitrogens is 1. The number of hydrogen-bond donors (Lipinski definition) is 0. The molecule has 2 aromatic carbocycles. The largest absolute Gasteiger partial charge is 0.486 e. The number of nitrogens with zero attached hydrogens (tertiary/aromatic N) is 3. The SMILES string of the molecule is C#CCn1c(=NC(=O)c2ccc(S(=O)(=O)N(CC=C)CC=C)cc2)sc2cc3c(cc21)OCCO3. The van der Waals surface area contributed by atoms with E-state index in [2.05, 4.69) is 24.1 Å². The van der Waals surface area contributed by atoms with Crippen molar-refractivity contribution in [2.24, 2.45) is 4.99 Å². The molecule has 0 N–H and O–H groups in total. The van der Waals surface area contributed by atoms with Crippen LogP contribution < -0.4 is 14.3 Å². The van der Waals surface area contributed by atoms with Gasteiger partial charge in [0.1, 0.15) is 13.2 Å². The molecule has 0 atom stereocenters. The lowest BCUT2D eigenvalue weighted by atomic mass is 10.2. The number of carbonyl (C=O) groups is 1. The number of terminal acetylenes is 1. The maximum Gasteiger partial charge on any atom is 0.279 e. The second-order valence-corrected chi connectivity index (χ2v) is 10.4. The van der Waals surface area contributed by atoms with E-state index in [0.29, 0.717) is 29.5 Å². The third-order valence-electron chi connectivity index (χ3n) is 5.20. The van der Waals surface area contributed by atoms with E-state index in [-0.39, 0.29) is 30.1 Å². The molecule has 1 aliphatic heterocycles. The third kappa shape index (κ3) is 4.93. The highest BCUT2D eigenvalue weighted by Crippen LogP contribution is 2.35. The summed E-state index contributed by atoms with van der Waals surface area (Å²) in [5.41, 5.74) is 1.04. The first-order chi connectivity index (χ1) is 16.9. The van der Waals surface area contributed by atoms with Crippen molar-refractivity contribution in [3.8, 4) is 23.8 Å². The summed E-state index contributed by atoms with van der Waals surface area (Å²) in [6.07, 6.45) is 8.57. The Morgan fingerprint density at radius 3 is 2.37 bits per heavy atom. The van der Waals surface area contributed by atoms with Gasteiger partial charge in [0.25, 0.3) is 5.91 Å². The quantitative estimate of drug-likeness (QED) is 0.344. The minimum Gasteiger partial charge on any atom is -0.486 e. The Morgan fingerprint density at radius 2 is 1.77 bits per heavy atom. The number of carbonyl (C=O) groups excluding carboxylic acids is 1. The van der Waals surface area contributed by atoms with E-state index in [0.717, 1.165) is 10.2 Å². The fraction of sp³-hybridized carbons (Fsp3) is 0.200. The number of benzene rings is 2. The molecule has 1 aliphatic rings. The van der Waals surface area contributed by atoms with Crippen LogP contribution in [0.4, 0.5) is 0 Å². The van der Waals surface area contributed by atoms with Crippen molar-refractivity contribution in [2.75, 3.05) is 26.3 Å². The number of sulfonamides is 1. The first kappa shape index (κ1) is 24.5. The van der Waals surface area contributed by atoms with Gasteiger partial charge in [0, 0.05) is 30.8 Å². The highest BCUT2D eigenvalue weighted by Gasteiger charge is 2.23. The van der Waals surface area contributed by atoms with Gasteiger partial charge in [0.15, 0.2) is 16.3 Å². The van der Waals surface area contributed by atoms with Crippen molar-refractivity contribution in [3.63, 3.8) is 0 Å². The van der Waals surface area contributed by atoms with Crippen LogP contribution in [0.1, 0.15) is 10.4 Å². The molecule has 10 heteroatoms. The molecule has 0 fully saturated rings. The summed E-state index contributed by atoms with van der Waals surface area (Å²) in [6.45, 7) is 8.63. The summed E-state index contributed by atoms with van der Waals surface area (Å²) in [7, 11) is -3.77. The average Bonchev–Trinajstić information content (AvgIpc) is 3.18. The molecule has 35 heavy (non-hydrogen) atoms. The second-order valence-electron chi connectivity index (χ2n) is 7.48. The van der Waals surface area contributed by atoms with Crippen LogP contribution in [0.2, 0.25) is 0 Å². The Balaban J connectivity index is 1.69. The first-order valence-electron chi connectivity index (χ1n) is 10.7. The van der Waals surface area contributed by atoms with E-state index in [1.165, 1.54) is 52.1 Å². The van der Waals surface area contributed by atoms with Crippen molar-refractivity contribution in [3.05, 3.63) is 72.1 Å². The van der Waals surface area contributed by atoms with Gasteiger partial charge in [-0.05, 0) is 24.3 Å². The van der Waals surface area contributed by atoms with Crippen molar-refractivity contribution in [1.82, 2.24) is 8.87 Å². The molecule has 1 amide bonds. The minimum atomic E-state index is -3.77. The van der Waals surface area contributed by atoms with Crippen LogP contribution >= 0.6 is 11.3 Å². The van der Waals surface area contributed by atoms with Gasteiger partial charge in [-0.25, -0.2) is 8.42 Å². The molecule has 3 aromatic rings. The van der Waals surface area contributed by atoms with Crippen molar-refractivity contribution >= 4 is 37.5 Å². The molecule has 1 aromatic heterocycles. The number of thiazole rings is 1. The van der Waals surface area contributed by atoms with Crippen LogP contribution in [0.25, 0.3) is 10.2 Å². The summed E-state index contributed by atoms with van der Waals surface area (Å²) in [5, 5.41) is 0. The molecular weight excluding hydrogens is 486 g/mol. The monoisotopic (exact) mass is 509 g/mol. The molecule has 0 spiro atoms. The Morgan fingerprint density at radius 1 is 1.14 bits per heavy atom. The summed E-state index contributed by atoms with van der Waals surface area (Å²) < 4.78 is 40.9. The number of amides is 1. The fourth-order valence-corrected chi connectivity index (χ4v) is 5.98. The van der Waals surface area contributed by atoms with Gasteiger partial charge in [-0.2, -0.15) is 9.30 Å². The maximum absolute atomic E-state index is 12.9. The van der Waals surface area contributed by atoms with E-state index in [1.54, 1.807) is 4.57 Å². The topological polar surface area (TPSA) is 90.2 Å². The van der Waals surface area contributed by atoms with Crippen molar-refractivity contribution < 1.29 is 22.7 Å². The fourth-order valence-electron chi connectivity index (χ4n) is 3.56. The Hall–Kier alpha value is -3.65. The lowest BCUT2D eigenvalue weighted by Gasteiger charge is -2.19. The zero-order valence-electron chi connectivity index (χ0n) is 18.8. The van der Waals surface area contributed by atoms with E-state index in [1.807, 2.05) is 12.1 Å². The predicted octanol–water partition coefficient (Wildman–Crippen LogP) is 3.21. The number of fused-ring (bicyclic) bond motifs is 2. The molecule has 0 aliphatic carbocycles. The van der Waals surface area contributed by atoms with Gasteiger partial charge >= 0.3 is 0 Å². The van der Waals surface area contributed by atoms with Crippen LogP contribution in [0.5, 0.6) is 11.5 Å². The van der Waals surface area contributed by atoms with Crippen LogP contribution in [-0.4, -0.2) is 49.5 Å². The molecule has 8 nitrogen and oxygen atoms in total. The molecule has 0 radical (unpaired) electrons. The van der Waals surface area contributed by atoms with Crippen molar-refractivity contribution in [2.45, 2.75) is 11.4 Å². The smallest absolute Gasteiger partial charge is 0.279 e. The highest BCUT2D eigenvalue weighted by molar-refractivity contribution is 7.89. The second kappa shape index (κ2) is 10.3. The zero-order valence-corrected chi connectivity index (χ0v) is 20.5. The van der Waals surface area contributed by atoms with E-state index in [4.69, 9.17) is 15.9 Å². The average molecular weight is 510 g/mol.